The Balaban J connectivity index is 1.68. The van der Waals surface area contributed by atoms with E-state index in [1.165, 1.54) is 36.2 Å². The molecule has 0 saturated carbocycles. The predicted molar refractivity (Wildman–Crippen MR) is 74.3 cm³/mol. The van der Waals surface area contributed by atoms with Gasteiger partial charge in [-0.1, -0.05) is 0 Å². The second kappa shape index (κ2) is 4.37. The van der Waals surface area contributed by atoms with E-state index in [4.69, 9.17) is 4.98 Å². The monoisotopic (exact) mass is 254 g/mol. The molecule has 4 heteroatoms. The molecule has 1 N–H and O–H groups in total. The maximum atomic E-state index is 4.76. The highest BCUT2D eigenvalue weighted by Gasteiger charge is 2.26. The van der Waals surface area contributed by atoms with E-state index in [1.807, 2.05) is 12.4 Å². The standard InChI is InChI=1S/C15H18N4/c1-2-4-14-13(3-1)18-15-17-9-12(10-19(14)15)11-5-7-16-8-6-11/h5-8,12H,1-4,9-10H2,(H,17,18). The first-order valence-electron chi connectivity index (χ1n) is 7.14. The van der Waals surface area contributed by atoms with E-state index in [1.54, 1.807) is 0 Å². The number of nitrogens with one attached hydrogen (secondary N) is 1. The first-order chi connectivity index (χ1) is 9.42. The summed E-state index contributed by atoms with van der Waals surface area (Å²) in [5, 5.41) is 3.50. The lowest BCUT2D eigenvalue weighted by Crippen LogP contribution is -2.27. The van der Waals surface area contributed by atoms with Gasteiger partial charge < -0.3 is 9.88 Å². The van der Waals surface area contributed by atoms with E-state index in [0.717, 1.165) is 25.5 Å². The van der Waals surface area contributed by atoms with Crippen molar-refractivity contribution in [3.8, 4) is 0 Å². The molecule has 0 saturated heterocycles. The van der Waals surface area contributed by atoms with Crippen LogP contribution in [0.1, 0.15) is 35.7 Å². The van der Waals surface area contributed by atoms with Gasteiger partial charge in [-0.05, 0) is 43.4 Å². The van der Waals surface area contributed by atoms with E-state index in [0.29, 0.717) is 5.92 Å². The summed E-state index contributed by atoms with van der Waals surface area (Å²) in [6.45, 7) is 2.02. The lowest BCUT2D eigenvalue weighted by Gasteiger charge is -2.27. The van der Waals surface area contributed by atoms with Gasteiger partial charge in [-0.2, -0.15) is 0 Å². The number of hydrogen-bond acceptors (Lipinski definition) is 3. The predicted octanol–water partition coefficient (Wildman–Crippen LogP) is 2.37. The van der Waals surface area contributed by atoms with Crippen LogP contribution in [-0.2, 0) is 19.4 Å². The Hall–Kier alpha value is -1.84. The van der Waals surface area contributed by atoms with Gasteiger partial charge in [-0.25, -0.2) is 4.98 Å². The van der Waals surface area contributed by atoms with Crippen LogP contribution in [0.2, 0.25) is 0 Å². The summed E-state index contributed by atoms with van der Waals surface area (Å²) in [5.41, 5.74) is 4.16. The molecule has 4 rings (SSSR count). The zero-order valence-corrected chi connectivity index (χ0v) is 11.0. The highest BCUT2D eigenvalue weighted by molar-refractivity contribution is 5.39. The van der Waals surface area contributed by atoms with Crippen molar-refractivity contribution in [1.82, 2.24) is 14.5 Å². The molecule has 2 aromatic heterocycles. The normalized spacial score (nSPS) is 21.4. The van der Waals surface area contributed by atoms with E-state index >= 15 is 0 Å². The van der Waals surface area contributed by atoms with Gasteiger partial charge in [-0.15, -0.1) is 0 Å². The number of anilines is 1. The van der Waals surface area contributed by atoms with Gasteiger partial charge >= 0.3 is 0 Å². The van der Waals surface area contributed by atoms with Crippen molar-refractivity contribution in [2.75, 3.05) is 11.9 Å². The Kier molecular flexibility index (Phi) is 2.53. The number of aryl methyl sites for hydroxylation is 1. The van der Waals surface area contributed by atoms with Crippen molar-refractivity contribution in [3.63, 3.8) is 0 Å². The summed E-state index contributed by atoms with van der Waals surface area (Å²) < 4.78 is 2.41. The fraction of sp³-hybridized carbons (Fsp3) is 0.467. The minimum atomic E-state index is 0.524. The second-order valence-corrected chi connectivity index (χ2v) is 5.50. The summed E-state index contributed by atoms with van der Waals surface area (Å²) in [7, 11) is 0. The summed E-state index contributed by atoms with van der Waals surface area (Å²) in [6.07, 6.45) is 8.70. The number of nitrogens with zero attached hydrogens (tertiary/aromatic N) is 3. The average Bonchev–Trinajstić information content (AvgIpc) is 2.86. The first kappa shape index (κ1) is 11.0. The Morgan fingerprint density at radius 1 is 1.16 bits per heavy atom. The number of hydrogen-bond donors (Lipinski definition) is 1. The molecule has 0 aromatic carbocycles. The molecule has 0 fully saturated rings. The van der Waals surface area contributed by atoms with Crippen molar-refractivity contribution >= 4 is 5.95 Å². The Morgan fingerprint density at radius 3 is 2.89 bits per heavy atom. The van der Waals surface area contributed by atoms with Gasteiger partial charge in [0.05, 0.1) is 5.69 Å². The van der Waals surface area contributed by atoms with E-state index in [2.05, 4.69) is 27.0 Å². The van der Waals surface area contributed by atoms with Crippen LogP contribution in [-0.4, -0.2) is 21.1 Å². The third kappa shape index (κ3) is 1.82. The molecule has 19 heavy (non-hydrogen) atoms. The fourth-order valence-corrected chi connectivity index (χ4v) is 3.29. The van der Waals surface area contributed by atoms with Crippen LogP contribution in [0.4, 0.5) is 5.95 Å². The van der Waals surface area contributed by atoms with Gasteiger partial charge in [0, 0.05) is 37.1 Å². The smallest absolute Gasteiger partial charge is 0.203 e. The summed E-state index contributed by atoms with van der Waals surface area (Å²) >= 11 is 0. The first-order valence-corrected chi connectivity index (χ1v) is 7.14. The van der Waals surface area contributed by atoms with Crippen molar-refractivity contribution in [1.29, 1.82) is 0 Å². The number of rotatable bonds is 1. The number of imidazole rings is 1. The van der Waals surface area contributed by atoms with Crippen LogP contribution >= 0.6 is 0 Å². The van der Waals surface area contributed by atoms with Gasteiger partial charge in [-0.3, -0.25) is 4.98 Å². The zero-order valence-electron chi connectivity index (χ0n) is 11.0. The third-order valence-corrected chi connectivity index (χ3v) is 4.32. The number of pyridine rings is 1. The van der Waals surface area contributed by atoms with Crippen LogP contribution in [0.5, 0.6) is 0 Å². The molecule has 0 bridgehead atoms. The minimum absolute atomic E-state index is 0.524. The third-order valence-electron chi connectivity index (χ3n) is 4.32. The number of aromatic nitrogens is 3. The molecule has 0 amide bonds. The lowest BCUT2D eigenvalue weighted by atomic mass is 9.97. The summed E-state index contributed by atoms with van der Waals surface area (Å²) in [4.78, 5) is 8.86. The molecule has 98 valence electrons. The van der Waals surface area contributed by atoms with Crippen molar-refractivity contribution in [2.24, 2.45) is 0 Å². The molecule has 2 aliphatic rings. The van der Waals surface area contributed by atoms with E-state index in [9.17, 15) is 0 Å². The molecule has 4 nitrogen and oxygen atoms in total. The Morgan fingerprint density at radius 2 is 2.00 bits per heavy atom. The molecule has 1 atom stereocenters. The molecule has 1 aliphatic carbocycles. The SMILES string of the molecule is c1cc(C2CNc3nc4c(n3C2)CCCC4)ccn1. The Bertz CT molecular complexity index is 588. The highest BCUT2D eigenvalue weighted by atomic mass is 15.2. The van der Waals surface area contributed by atoms with Crippen molar-refractivity contribution < 1.29 is 0 Å². The molecule has 2 aromatic rings. The molecule has 3 heterocycles. The number of fused-ring (bicyclic) bond motifs is 3. The van der Waals surface area contributed by atoms with Crippen LogP contribution in [0, 0.1) is 0 Å². The van der Waals surface area contributed by atoms with Gasteiger partial charge in [0.1, 0.15) is 0 Å². The van der Waals surface area contributed by atoms with Gasteiger partial charge in [0.25, 0.3) is 0 Å². The summed E-state index contributed by atoms with van der Waals surface area (Å²) in [5.74, 6) is 1.60. The fourth-order valence-electron chi connectivity index (χ4n) is 3.29. The zero-order chi connectivity index (χ0) is 12.7. The van der Waals surface area contributed by atoms with E-state index in [-0.39, 0.29) is 0 Å². The maximum Gasteiger partial charge on any atom is 0.203 e. The lowest BCUT2D eigenvalue weighted by molar-refractivity contribution is 0.521. The molecule has 1 aliphatic heterocycles. The summed E-state index contributed by atoms with van der Waals surface area (Å²) in [6, 6.07) is 4.25. The van der Waals surface area contributed by atoms with Crippen LogP contribution in [0.3, 0.4) is 0 Å². The molecular formula is C15H18N4. The molecular weight excluding hydrogens is 236 g/mol. The largest absolute Gasteiger partial charge is 0.355 e. The van der Waals surface area contributed by atoms with E-state index < -0.39 is 0 Å². The average molecular weight is 254 g/mol. The highest BCUT2D eigenvalue weighted by Crippen LogP contribution is 2.31. The Labute approximate surface area is 112 Å². The van der Waals surface area contributed by atoms with Crippen LogP contribution < -0.4 is 5.32 Å². The maximum absolute atomic E-state index is 4.76. The minimum Gasteiger partial charge on any atom is -0.355 e. The van der Waals surface area contributed by atoms with Gasteiger partial charge in [0.2, 0.25) is 5.95 Å². The second-order valence-electron chi connectivity index (χ2n) is 5.50. The quantitative estimate of drug-likeness (QED) is 0.849. The topological polar surface area (TPSA) is 42.7 Å². The van der Waals surface area contributed by atoms with Crippen molar-refractivity contribution in [2.45, 2.75) is 38.1 Å². The molecule has 1 unspecified atom stereocenters. The van der Waals surface area contributed by atoms with Crippen LogP contribution in [0.25, 0.3) is 0 Å². The van der Waals surface area contributed by atoms with Gasteiger partial charge in [0.15, 0.2) is 0 Å². The van der Waals surface area contributed by atoms with Crippen molar-refractivity contribution in [3.05, 3.63) is 41.5 Å². The van der Waals surface area contributed by atoms with Crippen LogP contribution in [0.15, 0.2) is 24.5 Å². The molecule has 0 radical (unpaired) electrons. The molecule has 0 spiro atoms.